The number of allylic oxidation sites excluding steroid dienone is 1. The van der Waals surface area contributed by atoms with Crippen LogP contribution in [-0.4, -0.2) is 20.2 Å². The molecular formula is C8H11NO3. The fourth-order valence-corrected chi connectivity index (χ4v) is 0.632. The van der Waals surface area contributed by atoms with Gasteiger partial charge in [-0.2, -0.15) is 5.26 Å². The lowest BCUT2D eigenvalue weighted by atomic mass is 10.1. The van der Waals surface area contributed by atoms with Crippen molar-refractivity contribution in [2.75, 3.05) is 14.2 Å². The molecule has 0 radical (unpaired) electrons. The van der Waals surface area contributed by atoms with Crippen molar-refractivity contribution in [1.29, 1.82) is 5.26 Å². The molecule has 0 N–H and O–H groups in total. The van der Waals surface area contributed by atoms with E-state index in [0.29, 0.717) is 6.42 Å². The molecule has 0 aliphatic heterocycles. The first kappa shape index (κ1) is 10.5. The Balaban J connectivity index is 3.94. The molecule has 0 aliphatic rings. The first-order valence-electron chi connectivity index (χ1n) is 3.41. The van der Waals surface area contributed by atoms with E-state index in [1.165, 1.54) is 20.5 Å². The van der Waals surface area contributed by atoms with E-state index in [1.54, 1.807) is 6.08 Å². The summed E-state index contributed by atoms with van der Waals surface area (Å²) in [7, 11) is 2.75. The second kappa shape index (κ2) is 6.23. The van der Waals surface area contributed by atoms with Gasteiger partial charge in [0.15, 0.2) is 0 Å². The summed E-state index contributed by atoms with van der Waals surface area (Å²) >= 11 is 0. The third-order valence-electron chi connectivity index (χ3n) is 1.25. The molecule has 0 bridgehead atoms. The molecule has 0 aromatic carbocycles. The number of hydrogen-bond acceptors (Lipinski definition) is 4. The first-order valence-corrected chi connectivity index (χ1v) is 3.41. The van der Waals surface area contributed by atoms with Crippen molar-refractivity contribution in [3.05, 3.63) is 12.3 Å². The Kier molecular flexibility index (Phi) is 5.45. The minimum atomic E-state index is -0.735. The second-order valence-corrected chi connectivity index (χ2v) is 2.05. The highest BCUT2D eigenvalue weighted by Crippen LogP contribution is 2.04. The third-order valence-corrected chi connectivity index (χ3v) is 1.25. The molecule has 0 aliphatic carbocycles. The number of carbonyl (C=O) groups is 1. The van der Waals surface area contributed by atoms with Gasteiger partial charge >= 0.3 is 5.97 Å². The van der Waals surface area contributed by atoms with Crippen LogP contribution in [0.4, 0.5) is 0 Å². The number of carbonyl (C=O) groups excluding carboxylic acids is 1. The van der Waals surface area contributed by atoms with Crippen molar-refractivity contribution in [2.24, 2.45) is 5.92 Å². The molecule has 0 saturated carbocycles. The minimum absolute atomic E-state index is 0.316. The monoisotopic (exact) mass is 169 g/mol. The van der Waals surface area contributed by atoms with Gasteiger partial charge in [0, 0.05) is 0 Å². The maximum Gasteiger partial charge on any atom is 0.323 e. The molecule has 4 heteroatoms. The summed E-state index contributed by atoms with van der Waals surface area (Å²) in [6.07, 6.45) is 3.34. The fraction of sp³-hybridized carbons (Fsp3) is 0.500. The van der Waals surface area contributed by atoms with Gasteiger partial charge in [-0.3, -0.25) is 4.79 Å². The number of hydrogen-bond donors (Lipinski definition) is 0. The maximum atomic E-state index is 10.8. The fourth-order valence-electron chi connectivity index (χ4n) is 0.632. The summed E-state index contributed by atoms with van der Waals surface area (Å²) in [5.41, 5.74) is 0. The number of rotatable bonds is 4. The van der Waals surface area contributed by atoms with Crippen molar-refractivity contribution in [3.8, 4) is 6.07 Å². The van der Waals surface area contributed by atoms with Crippen LogP contribution in [0.3, 0.4) is 0 Å². The van der Waals surface area contributed by atoms with E-state index >= 15 is 0 Å². The van der Waals surface area contributed by atoms with Gasteiger partial charge in [0.05, 0.1) is 26.6 Å². The lowest BCUT2D eigenvalue weighted by Gasteiger charge is -2.01. The lowest BCUT2D eigenvalue weighted by Crippen LogP contribution is -2.13. The smallest absolute Gasteiger partial charge is 0.323 e. The SMILES string of the molecule is COC=CCC(C#N)C(=O)OC. The molecule has 1 unspecified atom stereocenters. The highest BCUT2D eigenvalue weighted by atomic mass is 16.5. The van der Waals surface area contributed by atoms with Gasteiger partial charge in [0.25, 0.3) is 0 Å². The summed E-state index contributed by atoms with van der Waals surface area (Å²) in [6, 6.07) is 1.83. The van der Waals surface area contributed by atoms with Crippen LogP contribution in [0.2, 0.25) is 0 Å². The predicted molar refractivity (Wildman–Crippen MR) is 41.9 cm³/mol. The van der Waals surface area contributed by atoms with Crippen LogP contribution in [0.25, 0.3) is 0 Å². The summed E-state index contributed by atoms with van der Waals surface area (Å²) in [6.45, 7) is 0. The minimum Gasteiger partial charge on any atom is -0.505 e. The van der Waals surface area contributed by atoms with Gasteiger partial charge in [-0.15, -0.1) is 0 Å². The van der Waals surface area contributed by atoms with Crippen LogP contribution in [0.1, 0.15) is 6.42 Å². The predicted octanol–water partition coefficient (Wildman–Crippen LogP) is 0.849. The molecule has 4 nitrogen and oxygen atoms in total. The van der Waals surface area contributed by atoms with E-state index in [4.69, 9.17) is 5.26 Å². The van der Waals surface area contributed by atoms with Gasteiger partial charge < -0.3 is 9.47 Å². The molecular weight excluding hydrogens is 158 g/mol. The van der Waals surface area contributed by atoms with Crippen LogP contribution >= 0.6 is 0 Å². The molecule has 12 heavy (non-hydrogen) atoms. The topological polar surface area (TPSA) is 59.3 Å². The number of ether oxygens (including phenoxy) is 2. The zero-order chi connectivity index (χ0) is 9.40. The van der Waals surface area contributed by atoms with Crippen molar-refractivity contribution < 1.29 is 14.3 Å². The number of nitriles is 1. The Labute approximate surface area is 71.4 Å². The molecule has 0 saturated heterocycles. The van der Waals surface area contributed by atoms with Crippen molar-refractivity contribution in [1.82, 2.24) is 0 Å². The first-order chi connectivity index (χ1) is 5.76. The van der Waals surface area contributed by atoms with Crippen LogP contribution in [0.15, 0.2) is 12.3 Å². The van der Waals surface area contributed by atoms with E-state index in [0.717, 1.165) is 0 Å². The average molecular weight is 169 g/mol. The van der Waals surface area contributed by atoms with Gasteiger partial charge in [0.1, 0.15) is 5.92 Å². The average Bonchev–Trinajstić information content (AvgIpc) is 2.11. The largest absolute Gasteiger partial charge is 0.505 e. The van der Waals surface area contributed by atoms with E-state index in [-0.39, 0.29) is 0 Å². The molecule has 0 aromatic rings. The van der Waals surface area contributed by atoms with Crippen molar-refractivity contribution in [3.63, 3.8) is 0 Å². The standard InChI is InChI=1S/C8H11NO3/c1-11-5-3-4-7(6-9)8(10)12-2/h3,5,7H,4H2,1-2H3. The molecule has 0 rings (SSSR count). The quantitative estimate of drug-likeness (QED) is 0.462. The molecule has 0 heterocycles. The van der Waals surface area contributed by atoms with Gasteiger partial charge in [0.2, 0.25) is 0 Å². The van der Waals surface area contributed by atoms with Crippen LogP contribution in [0.5, 0.6) is 0 Å². The number of methoxy groups -OCH3 is 2. The van der Waals surface area contributed by atoms with Crippen LogP contribution in [-0.2, 0) is 14.3 Å². The third kappa shape index (κ3) is 3.62. The Morgan fingerprint density at radius 3 is 2.75 bits per heavy atom. The maximum absolute atomic E-state index is 10.8. The summed E-state index contributed by atoms with van der Waals surface area (Å²) in [5, 5.41) is 8.50. The van der Waals surface area contributed by atoms with Crippen LogP contribution < -0.4 is 0 Å². The summed E-state index contributed by atoms with van der Waals surface area (Å²) in [4.78, 5) is 10.8. The van der Waals surface area contributed by atoms with E-state index in [9.17, 15) is 4.79 Å². The highest BCUT2D eigenvalue weighted by molar-refractivity contribution is 5.75. The highest BCUT2D eigenvalue weighted by Gasteiger charge is 2.15. The Hall–Kier alpha value is -1.50. The van der Waals surface area contributed by atoms with Gasteiger partial charge in [-0.25, -0.2) is 0 Å². The summed E-state index contributed by atoms with van der Waals surface area (Å²) in [5.74, 6) is -1.25. The van der Waals surface area contributed by atoms with Gasteiger partial charge in [-0.05, 0) is 12.5 Å². The van der Waals surface area contributed by atoms with E-state index < -0.39 is 11.9 Å². The van der Waals surface area contributed by atoms with E-state index in [2.05, 4.69) is 9.47 Å². The Morgan fingerprint density at radius 2 is 2.33 bits per heavy atom. The Bertz CT molecular complexity index is 205. The van der Waals surface area contributed by atoms with E-state index in [1.807, 2.05) is 6.07 Å². The zero-order valence-corrected chi connectivity index (χ0v) is 7.11. The second-order valence-electron chi connectivity index (χ2n) is 2.05. The number of nitrogens with zero attached hydrogens (tertiary/aromatic N) is 1. The van der Waals surface area contributed by atoms with Crippen molar-refractivity contribution in [2.45, 2.75) is 6.42 Å². The molecule has 0 amide bonds. The van der Waals surface area contributed by atoms with Gasteiger partial charge in [-0.1, -0.05) is 0 Å². The molecule has 66 valence electrons. The zero-order valence-electron chi connectivity index (χ0n) is 7.11. The molecule has 0 fully saturated rings. The molecule has 0 spiro atoms. The van der Waals surface area contributed by atoms with Crippen LogP contribution in [0, 0.1) is 17.2 Å². The van der Waals surface area contributed by atoms with Crippen molar-refractivity contribution >= 4 is 5.97 Å². The lowest BCUT2D eigenvalue weighted by molar-refractivity contribution is -0.143. The summed E-state index contributed by atoms with van der Waals surface area (Å²) < 4.78 is 9.01. The number of esters is 1. The normalized spacial score (nSPS) is 12.1. The molecule has 1 atom stereocenters. The molecule has 0 aromatic heterocycles. The Morgan fingerprint density at radius 1 is 1.67 bits per heavy atom.